The molecule has 5 nitrogen and oxygen atoms in total. The van der Waals surface area contributed by atoms with Crippen molar-refractivity contribution in [3.8, 4) is 0 Å². The minimum absolute atomic E-state index is 0.296. The van der Waals surface area contributed by atoms with Crippen LogP contribution in [0.4, 0.5) is 10.2 Å². The molecular weight excluding hydrogens is 257 g/mol. The van der Waals surface area contributed by atoms with E-state index in [1.54, 1.807) is 6.08 Å². The maximum atomic E-state index is 13.2. The molecule has 0 aromatic carbocycles. The molecule has 2 aromatic rings. The van der Waals surface area contributed by atoms with Crippen LogP contribution in [-0.4, -0.2) is 15.9 Å². The summed E-state index contributed by atoms with van der Waals surface area (Å²) >= 11 is 1.47. The molecule has 0 atom stereocenters. The second kappa shape index (κ2) is 5.37. The van der Waals surface area contributed by atoms with Gasteiger partial charge in [-0.3, -0.25) is 9.78 Å². The van der Waals surface area contributed by atoms with Crippen molar-refractivity contribution in [2.45, 2.75) is 0 Å². The van der Waals surface area contributed by atoms with E-state index in [1.165, 1.54) is 17.4 Å². The summed E-state index contributed by atoms with van der Waals surface area (Å²) < 4.78 is 13.2. The molecule has 0 bridgehead atoms. The number of hydrogen-bond acceptors (Lipinski definition) is 4. The molecule has 18 heavy (non-hydrogen) atoms. The molecule has 2 rings (SSSR count). The van der Waals surface area contributed by atoms with Gasteiger partial charge in [-0.2, -0.15) is 4.98 Å². The first-order valence-corrected chi connectivity index (χ1v) is 5.80. The molecule has 2 heterocycles. The van der Waals surface area contributed by atoms with Gasteiger partial charge in [0.1, 0.15) is 0 Å². The minimum atomic E-state index is -0.799. The van der Waals surface area contributed by atoms with Crippen molar-refractivity contribution in [2.75, 3.05) is 5.32 Å². The lowest BCUT2D eigenvalue weighted by molar-refractivity contribution is -0.111. The van der Waals surface area contributed by atoms with Crippen molar-refractivity contribution in [3.63, 3.8) is 0 Å². The van der Waals surface area contributed by atoms with Crippen molar-refractivity contribution >= 4 is 29.1 Å². The van der Waals surface area contributed by atoms with E-state index in [0.29, 0.717) is 0 Å². The van der Waals surface area contributed by atoms with Crippen LogP contribution in [-0.2, 0) is 4.79 Å². The second-order valence-electron chi connectivity index (χ2n) is 3.25. The first kappa shape index (κ1) is 12.2. The van der Waals surface area contributed by atoms with Crippen LogP contribution in [0.25, 0.3) is 6.08 Å². The van der Waals surface area contributed by atoms with Crippen LogP contribution >= 0.6 is 11.3 Å². The molecular formula is C11H8FN3O2S. The van der Waals surface area contributed by atoms with E-state index < -0.39 is 17.4 Å². The summed E-state index contributed by atoms with van der Waals surface area (Å²) in [5.41, 5.74) is -0.728. The van der Waals surface area contributed by atoms with Crippen LogP contribution in [0.3, 0.4) is 0 Å². The third-order valence-corrected chi connectivity index (χ3v) is 2.79. The third-order valence-electron chi connectivity index (χ3n) is 1.96. The van der Waals surface area contributed by atoms with Crippen LogP contribution in [0, 0.1) is 5.82 Å². The average molecular weight is 265 g/mol. The van der Waals surface area contributed by atoms with Crippen molar-refractivity contribution < 1.29 is 9.18 Å². The highest BCUT2D eigenvalue weighted by Gasteiger charge is 2.05. The fourth-order valence-corrected chi connectivity index (χ4v) is 1.80. The SMILES string of the molecule is O=C(/C=C/c1cccs1)Nc1[nH]c(=O)ncc1F. The number of amides is 1. The highest BCUT2D eigenvalue weighted by molar-refractivity contribution is 7.10. The van der Waals surface area contributed by atoms with Gasteiger partial charge in [0.25, 0.3) is 0 Å². The molecule has 0 aliphatic rings. The summed E-state index contributed by atoms with van der Waals surface area (Å²) in [6.07, 6.45) is 3.60. The van der Waals surface area contributed by atoms with E-state index in [2.05, 4.69) is 15.3 Å². The zero-order chi connectivity index (χ0) is 13.0. The van der Waals surface area contributed by atoms with Crippen LogP contribution < -0.4 is 11.0 Å². The molecule has 7 heteroatoms. The zero-order valence-corrected chi connectivity index (χ0v) is 9.83. The molecule has 2 aromatic heterocycles. The molecule has 0 aliphatic heterocycles. The third kappa shape index (κ3) is 3.11. The van der Waals surface area contributed by atoms with E-state index in [9.17, 15) is 14.0 Å². The fourth-order valence-electron chi connectivity index (χ4n) is 1.18. The van der Waals surface area contributed by atoms with Gasteiger partial charge in [0, 0.05) is 11.0 Å². The van der Waals surface area contributed by atoms with Crippen LogP contribution in [0.1, 0.15) is 4.88 Å². The minimum Gasteiger partial charge on any atom is -0.306 e. The Kier molecular flexibility index (Phi) is 3.63. The van der Waals surface area contributed by atoms with Crippen molar-refractivity contribution in [1.82, 2.24) is 9.97 Å². The Morgan fingerprint density at radius 3 is 3.11 bits per heavy atom. The molecule has 0 radical (unpaired) electrons. The number of anilines is 1. The summed E-state index contributed by atoms with van der Waals surface area (Å²) in [5, 5.41) is 4.09. The topological polar surface area (TPSA) is 74.8 Å². The molecule has 2 N–H and O–H groups in total. The molecule has 0 aliphatic carbocycles. The van der Waals surface area contributed by atoms with E-state index >= 15 is 0 Å². The number of aromatic nitrogens is 2. The number of rotatable bonds is 3. The predicted octanol–water partition coefficient (Wildman–Crippen LogP) is 1.62. The average Bonchev–Trinajstić information content (AvgIpc) is 2.84. The van der Waals surface area contributed by atoms with Crippen LogP contribution in [0.2, 0.25) is 0 Å². The van der Waals surface area contributed by atoms with Gasteiger partial charge in [0.05, 0.1) is 6.20 Å². The van der Waals surface area contributed by atoms with Crippen LogP contribution in [0.15, 0.2) is 34.6 Å². The molecule has 0 spiro atoms. The van der Waals surface area contributed by atoms with Crippen LogP contribution in [0.5, 0.6) is 0 Å². The molecule has 0 saturated heterocycles. The van der Waals surface area contributed by atoms with Gasteiger partial charge in [-0.1, -0.05) is 6.07 Å². The molecule has 0 saturated carbocycles. The maximum absolute atomic E-state index is 13.2. The Labute approximate surface area is 105 Å². The lowest BCUT2D eigenvalue weighted by Crippen LogP contribution is -2.18. The van der Waals surface area contributed by atoms with E-state index in [-0.39, 0.29) is 5.82 Å². The number of halogens is 1. The number of nitrogens with zero attached hydrogens (tertiary/aromatic N) is 1. The zero-order valence-electron chi connectivity index (χ0n) is 9.01. The van der Waals surface area contributed by atoms with E-state index in [4.69, 9.17) is 0 Å². The molecule has 0 unspecified atom stereocenters. The maximum Gasteiger partial charge on any atom is 0.346 e. The second-order valence-corrected chi connectivity index (χ2v) is 4.23. The normalized spacial score (nSPS) is 10.7. The molecule has 0 fully saturated rings. The van der Waals surface area contributed by atoms with Gasteiger partial charge >= 0.3 is 5.69 Å². The number of hydrogen-bond donors (Lipinski definition) is 2. The Morgan fingerprint density at radius 2 is 2.39 bits per heavy atom. The van der Waals surface area contributed by atoms with Gasteiger partial charge in [-0.15, -0.1) is 11.3 Å². The van der Waals surface area contributed by atoms with Gasteiger partial charge < -0.3 is 5.32 Å². The monoisotopic (exact) mass is 265 g/mol. The van der Waals surface area contributed by atoms with Crippen molar-refractivity contribution in [2.24, 2.45) is 0 Å². The summed E-state index contributed by atoms with van der Waals surface area (Å²) in [4.78, 5) is 28.5. The first-order valence-electron chi connectivity index (χ1n) is 4.92. The van der Waals surface area contributed by atoms with E-state index in [1.807, 2.05) is 17.5 Å². The summed E-state index contributed by atoms with van der Waals surface area (Å²) in [6.45, 7) is 0. The highest BCUT2D eigenvalue weighted by atomic mass is 32.1. The van der Waals surface area contributed by atoms with Gasteiger partial charge in [0.2, 0.25) is 5.91 Å². The number of nitrogens with one attached hydrogen (secondary N) is 2. The number of thiophene rings is 1. The lowest BCUT2D eigenvalue weighted by Gasteiger charge is -2.01. The Hall–Kier alpha value is -2.28. The lowest BCUT2D eigenvalue weighted by atomic mass is 10.4. The Morgan fingerprint density at radius 1 is 1.56 bits per heavy atom. The number of H-pyrrole nitrogens is 1. The summed E-state index contributed by atoms with van der Waals surface area (Å²) in [5.74, 6) is -1.63. The van der Waals surface area contributed by atoms with Gasteiger partial charge in [-0.25, -0.2) is 9.18 Å². The van der Waals surface area contributed by atoms with Gasteiger partial charge in [0.15, 0.2) is 11.6 Å². The molecule has 92 valence electrons. The van der Waals surface area contributed by atoms with Crippen molar-refractivity contribution in [1.29, 1.82) is 0 Å². The number of carbonyl (C=O) groups excluding carboxylic acids is 1. The summed E-state index contributed by atoms with van der Waals surface area (Å²) in [7, 11) is 0. The highest BCUT2D eigenvalue weighted by Crippen LogP contribution is 2.10. The van der Waals surface area contributed by atoms with E-state index in [0.717, 1.165) is 11.1 Å². The Bertz CT molecular complexity index is 634. The smallest absolute Gasteiger partial charge is 0.306 e. The predicted molar refractivity (Wildman–Crippen MR) is 66.8 cm³/mol. The largest absolute Gasteiger partial charge is 0.346 e. The van der Waals surface area contributed by atoms with Gasteiger partial charge in [-0.05, 0) is 17.5 Å². The standard InChI is InChI=1S/C11H8FN3O2S/c12-8-6-13-11(17)15-10(8)14-9(16)4-3-7-2-1-5-18-7/h1-6H,(H2,13,14,15,16,17)/b4-3+. The Balaban J connectivity index is 2.07. The first-order chi connectivity index (χ1) is 8.65. The number of carbonyl (C=O) groups is 1. The summed E-state index contributed by atoms with van der Waals surface area (Å²) in [6, 6.07) is 3.69. The number of aromatic amines is 1. The quantitative estimate of drug-likeness (QED) is 0.828. The molecule has 1 amide bonds. The van der Waals surface area contributed by atoms with Crippen molar-refractivity contribution in [3.05, 3.63) is 51.0 Å². The fraction of sp³-hybridized carbons (Fsp3) is 0.